The minimum Gasteiger partial charge on any atom is -0.496 e. The lowest BCUT2D eigenvalue weighted by Gasteiger charge is -2.11. The molecule has 152 valence electrons. The van der Waals surface area contributed by atoms with E-state index in [1.807, 2.05) is 30.3 Å². The van der Waals surface area contributed by atoms with E-state index in [4.69, 9.17) is 4.74 Å². The number of anilines is 1. The Hall–Kier alpha value is -2.52. The number of nitrogens with zero attached hydrogens (tertiary/aromatic N) is 1. The summed E-state index contributed by atoms with van der Waals surface area (Å²) in [5, 5.41) is 6.78. The van der Waals surface area contributed by atoms with Crippen LogP contribution in [0.15, 0.2) is 53.5 Å². The number of methoxy groups -OCH3 is 1. The molecule has 7 nitrogen and oxygen atoms in total. The number of aliphatic imine (C=N–C) groups is 1. The van der Waals surface area contributed by atoms with Gasteiger partial charge in [-0.25, -0.2) is 8.42 Å². The summed E-state index contributed by atoms with van der Waals surface area (Å²) in [5.41, 5.74) is 2.16. The van der Waals surface area contributed by atoms with Gasteiger partial charge in [-0.3, -0.25) is 9.79 Å². The van der Waals surface area contributed by atoms with Crippen molar-refractivity contribution in [2.24, 2.45) is 4.99 Å². The van der Waals surface area contributed by atoms with Crippen LogP contribution in [0.1, 0.15) is 15.9 Å². The number of sulfone groups is 1. The number of para-hydroxylation sites is 1. The summed E-state index contributed by atoms with van der Waals surface area (Å²) in [7, 11) is -1.37. The van der Waals surface area contributed by atoms with E-state index in [0.717, 1.165) is 17.0 Å². The molecule has 0 spiro atoms. The van der Waals surface area contributed by atoms with Crippen molar-refractivity contribution in [3.05, 3.63) is 59.7 Å². The lowest BCUT2D eigenvalue weighted by molar-refractivity contribution is 0.0950. The molecule has 2 N–H and O–H groups in total. The molecular weight excluding hydrogens is 410 g/mol. The third kappa shape index (κ3) is 4.56. The van der Waals surface area contributed by atoms with Crippen LogP contribution in [-0.4, -0.2) is 49.4 Å². The first-order valence-electron chi connectivity index (χ1n) is 9.15. The average Bonchev–Trinajstić information content (AvgIpc) is 3.18. The number of thioether (sulfide) groups is 1. The predicted octanol–water partition coefficient (Wildman–Crippen LogP) is 2.31. The number of hydrogen-bond acceptors (Lipinski definition) is 7. The molecule has 4 rings (SSSR count). The number of rotatable bonds is 5. The van der Waals surface area contributed by atoms with Crippen LogP contribution in [0, 0.1) is 0 Å². The Morgan fingerprint density at radius 1 is 1.21 bits per heavy atom. The minimum absolute atomic E-state index is 0.0187. The maximum atomic E-state index is 12.6. The molecule has 0 unspecified atom stereocenters. The molecule has 9 heteroatoms. The van der Waals surface area contributed by atoms with Crippen molar-refractivity contribution in [3.63, 3.8) is 0 Å². The summed E-state index contributed by atoms with van der Waals surface area (Å²) in [5.74, 6) is 0.819. The summed E-state index contributed by atoms with van der Waals surface area (Å²) in [6, 6.07) is 14.5. The van der Waals surface area contributed by atoms with Gasteiger partial charge in [-0.05, 0) is 24.3 Å². The third-order valence-electron chi connectivity index (χ3n) is 4.83. The lowest BCUT2D eigenvalue weighted by Crippen LogP contribution is -2.23. The topological polar surface area (TPSA) is 96.9 Å². The first-order chi connectivity index (χ1) is 13.9. The Morgan fingerprint density at radius 2 is 2.03 bits per heavy atom. The van der Waals surface area contributed by atoms with Crippen molar-refractivity contribution < 1.29 is 17.9 Å². The first-order valence-corrected chi connectivity index (χ1v) is 11.9. The van der Waals surface area contributed by atoms with E-state index in [-0.39, 0.29) is 28.7 Å². The van der Waals surface area contributed by atoms with E-state index in [0.29, 0.717) is 17.3 Å². The fourth-order valence-corrected chi connectivity index (χ4v) is 7.08. The van der Waals surface area contributed by atoms with Crippen LogP contribution in [0.4, 0.5) is 5.69 Å². The second-order valence-electron chi connectivity index (χ2n) is 6.94. The van der Waals surface area contributed by atoms with Crippen molar-refractivity contribution in [1.82, 2.24) is 5.32 Å². The molecule has 1 saturated heterocycles. The Morgan fingerprint density at radius 3 is 2.83 bits per heavy atom. The number of carbonyl (C=O) groups is 1. The van der Waals surface area contributed by atoms with Crippen molar-refractivity contribution in [2.75, 3.05) is 23.9 Å². The Kier molecular flexibility index (Phi) is 5.51. The zero-order chi connectivity index (χ0) is 20.4. The molecule has 2 aliphatic heterocycles. The van der Waals surface area contributed by atoms with Gasteiger partial charge >= 0.3 is 0 Å². The molecule has 2 aromatic carbocycles. The summed E-state index contributed by atoms with van der Waals surface area (Å²) >= 11 is 1.45. The van der Waals surface area contributed by atoms with Gasteiger partial charge in [0.25, 0.3) is 5.91 Å². The second-order valence-corrected chi connectivity index (χ2v) is 10.3. The quantitative estimate of drug-likeness (QED) is 0.754. The van der Waals surface area contributed by atoms with Gasteiger partial charge in [0, 0.05) is 28.6 Å². The third-order valence-corrected chi connectivity index (χ3v) is 7.97. The van der Waals surface area contributed by atoms with E-state index in [9.17, 15) is 13.2 Å². The van der Waals surface area contributed by atoms with Crippen LogP contribution in [-0.2, 0) is 16.4 Å². The molecule has 2 atom stereocenters. The number of nitrogens with one attached hydrogen (secondary N) is 2. The number of amides is 1. The molecule has 0 radical (unpaired) electrons. The molecule has 0 bridgehead atoms. The fraction of sp³-hybridized carbons (Fsp3) is 0.300. The molecule has 0 saturated carbocycles. The van der Waals surface area contributed by atoms with E-state index in [2.05, 4.69) is 15.6 Å². The summed E-state index contributed by atoms with van der Waals surface area (Å²) in [6.07, 6.45) is 0. The first kappa shape index (κ1) is 19.8. The minimum atomic E-state index is -2.97. The van der Waals surface area contributed by atoms with Crippen molar-refractivity contribution in [3.8, 4) is 5.75 Å². The van der Waals surface area contributed by atoms with E-state index < -0.39 is 9.84 Å². The van der Waals surface area contributed by atoms with Gasteiger partial charge in [-0.2, -0.15) is 0 Å². The van der Waals surface area contributed by atoms with Gasteiger partial charge in [-0.15, -0.1) is 0 Å². The molecule has 2 heterocycles. The van der Waals surface area contributed by atoms with Gasteiger partial charge in [-0.1, -0.05) is 36.0 Å². The van der Waals surface area contributed by atoms with Crippen molar-refractivity contribution in [1.29, 1.82) is 0 Å². The Labute approximate surface area is 173 Å². The van der Waals surface area contributed by atoms with Gasteiger partial charge < -0.3 is 15.4 Å². The smallest absolute Gasteiger partial charge is 0.251 e. The number of ether oxygens (including phenoxy) is 1. The second kappa shape index (κ2) is 8.08. The fourth-order valence-electron chi connectivity index (χ4n) is 3.40. The van der Waals surface area contributed by atoms with E-state index in [1.54, 1.807) is 25.3 Å². The molecule has 1 amide bonds. The standard InChI is InChI=1S/C20H21N3O4S2/c1-27-17-8-3-2-5-14(17)10-21-19(24)13-6-4-7-15(9-13)22-20-23-16-11-29(25,26)12-18(16)28-20/h2-9,16,18H,10-12H2,1H3,(H,21,24)(H,22,23)/t16-,18+/m1/s1. The van der Waals surface area contributed by atoms with Gasteiger partial charge in [0.05, 0.1) is 24.7 Å². The van der Waals surface area contributed by atoms with Gasteiger partial charge in [0.15, 0.2) is 15.0 Å². The van der Waals surface area contributed by atoms with Crippen LogP contribution >= 0.6 is 11.8 Å². The van der Waals surface area contributed by atoms with E-state index >= 15 is 0 Å². The van der Waals surface area contributed by atoms with Crippen molar-refractivity contribution >= 4 is 38.4 Å². The highest BCUT2D eigenvalue weighted by Crippen LogP contribution is 2.34. The van der Waals surface area contributed by atoms with Crippen LogP contribution < -0.4 is 15.4 Å². The van der Waals surface area contributed by atoms with E-state index in [1.165, 1.54) is 11.8 Å². The summed E-state index contributed by atoms with van der Waals surface area (Å²) in [6.45, 7) is 0.362. The zero-order valence-electron chi connectivity index (χ0n) is 15.8. The van der Waals surface area contributed by atoms with Gasteiger partial charge in [0.2, 0.25) is 0 Å². The zero-order valence-corrected chi connectivity index (χ0v) is 17.4. The van der Waals surface area contributed by atoms with Crippen molar-refractivity contribution in [2.45, 2.75) is 17.8 Å². The lowest BCUT2D eigenvalue weighted by atomic mass is 10.1. The molecule has 29 heavy (non-hydrogen) atoms. The number of hydrogen-bond donors (Lipinski definition) is 2. The molecular formula is C20H21N3O4S2. The maximum absolute atomic E-state index is 12.6. The monoisotopic (exact) mass is 431 g/mol. The highest BCUT2D eigenvalue weighted by molar-refractivity contribution is 8.15. The SMILES string of the molecule is COc1ccccc1CNC(=O)c1cccc(NC2=N[C@@H]3CS(=O)(=O)C[C@@H]3S2)c1. The van der Waals surface area contributed by atoms with Crippen LogP contribution in [0.2, 0.25) is 0 Å². The number of amidine groups is 1. The average molecular weight is 432 g/mol. The molecule has 1 fully saturated rings. The highest BCUT2D eigenvalue weighted by Gasteiger charge is 2.42. The van der Waals surface area contributed by atoms with Crippen LogP contribution in [0.25, 0.3) is 0 Å². The normalized spacial score (nSPS) is 21.9. The number of benzene rings is 2. The van der Waals surface area contributed by atoms with Crippen LogP contribution in [0.3, 0.4) is 0 Å². The Bertz CT molecular complexity index is 1070. The summed E-state index contributed by atoms with van der Waals surface area (Å²) < 4.78 is 28.7. The maximum Gasteiger partial charge on any atom is 0.251 e. The number of fused-ring (bicyclic) bond motifs is 1. The Balaban J connectivity index is 1.39. The molecule has 0 aromatic heterocycles. The molecule has 0 aliphatic carbocycles. The van der Waals surface area contributed by atoms with Gasteiger partial charge in [0.1, 0.15) is 5.75 Å². The predicted molar refractivity (Wildman–Crippen MR) is 115 cm³/mol. The van der Waals surface area contributed by atoms with Crippen LogP contribution in [0.5, 0.6) is 5.75 Å². The largest absolute Gasteiger partial charge is 0.496 e. The molecule has 2 aromatic rings. The summed E-state index contributed by atoms with van der Waals surface area (Å²) in [4.78, 5) is 17.0. The molecule has 2 aliphatic rings. The highest BCUT2D eigenvalue weighted by atomic mass is 32.2. The number of carbonyl (C=O) groups excluding carboxylic acids is 1.